The number of nitrogens with zero attached hydrogens (tertiary/aromatic N) is 3. The third-order valence-electron chi connectivity index (χ3n) is 7.88. The number of aliphatic hydroxyl groups is 1. The first-order valence-corrected chi connectivity index (χ1v) is 14.2. The fourth-order valence-corrected chi connectivity index (χ4v) is 4.95. The van der Waals surface area contributed by atoms with Crippen molar-refractivity contribution in [3.8, 4) is 5.75 Å². The molecule has 0 unspecified atom stereocenters. The van der Waals surface area contributed by atoms with Crippen molar-refractivity contribution in [3.05, 3.63) is 64.9 Å². The van der Waals surface area contributed by atoms with Crippen LogP contribution in [0.5, 0.6) is 5.75 Å². The van der Waals surface area contributed by atoms with Gasteiger partial charge in [-0.25, -0.2) is 9.97 Å². The lowest BCUT2D eigenvalue weighted by atomic mass is 9.92. The minimum Gasteiger partial charge on any atom is -0.486 e. The Morgan fingerprint density at radius 1 is 1.27 bits per heavy atom. The summed E-state index contributed by atoms with van der Waals surface area (Å²) in [5.74, 6) is 2.60. The number of hydrogen-bond acceptors (Lipinski definition) is 10. The summed E-state index contributed by atoms with van der Waals surface area (Å²) in [6.45, 7) is 4.14. The van der Waals surface area contributed by atoms with Crippen molar-refractivity contribution < 1.29 is 23.8 Å². The number of carbonyl (C=O) groups excluding carboxylic acids is 1. The summed E-state index contributed by atoms with van der Waals surface area (Å²) < 4.78 is 16.4. The first-order chi connectivity index (χ1) is 19.9. The zero-order chi connectivity index (χ0) is 28.8. The molecule has 1 aromatic carbocycles. The Kier molecular flexibility index (Phi) is 9.38. The molecule has 1 amide bonds. The first-order valence-electron chi connectivity index (χ1n) is 14.2. The van der Waals surface area contributed by atoms with Gasteiger partial charge in [-0.3, -0.25) is 4.79 Å². The highest BCUT2D eigenvalue weighted by molar-refractivity contribution is 5.95. The van der Waals surface area contributed by atoms with Gasteiger partial charge in [0.2, 0.25) is 0 Å². The van der Waals surface area contributed by atoms with Crippen LogP contribution in [0.25, 0.3) is 0 Å². The molecule has 3 heterocycles. The van der Waals surface area contributed by atoms with Crippen LogP contribution in [0, 0.1) is 6.92 Å². The smallest absolute Gasteiger partial charge is 0.251 e. The van der Waals surface area contributed by atoms with Crippen molar-refractivity contribution in [2.45, 2.75) is 63.9 Å². The number of aromatic nitrogens is 2. The summed E-state index contributed by atoms with van der Waals surface area (Å²) in [6.07, 6.45) is 4.72. The van der Waals surface area contributed by atoms with Gasteiger partial charge in [0.05, 0.1) is 18.4 Å². The Morgan fingerprint density at radius 3 is 2.85 bits per heavy atom. The zero-order valence-electron chi connectivity index (χ0n) is 24.0. The molecule has 1 aliphatic carbocycles. The van der Waals surface area contributed by atoms with E-state index in [4.69, 9.17) is 18.9 Å². The summed E-state index contributed by atoms with van der Waals surface area (Å²) in [6, 6.07) is 9.75. The number of aryl methyl sites for hydroxylation is 1. The Bertz CT molecular complexity index is 1330. The number of pyridine rings is 1. The van der Waals surface area contributed by atoms with E-state index >= 15 is 0 Å². The number of methoxy groups -OCH3 is 1. The van der Waals surface area contributed by atoms with E-state index in [0.717, 1.165) is 35.4 Å². The van der Waals surface area contributed by atoms with Crippen molar-refractivity contribution in [2.24, 2.45) is 0 Å². The van der Waals surface area contributed by atoms with E-state index in [1.54, 1.807) is 19.2 Å². The van der Waals surface area contributed by atoms with E-state index in [9.17, 15) is 9.90 Å². The van der Waals surface area contributed by atoms with Crippen molar-refractivity contribution in [3.63, 3.8) is 0 Å². The number of benzene rings is 1. The SMILES string of the molecule is COCCN(C)c1cc(C(=O)NC[C@@H](O)[C@@H]2Cc3ccc(OCc4ocnc4C)cc3CN2)cc(NC2CCC2)n1. The first kappa shape index (κ1) is 28.8. The maximum atomic E-state index is 13.2. The van der Waals surface area contributed by atoms with Crippen LogP contribution in [-0.2, 0) is 24.3 Å². The molecular weight excluding hydrogens is 524 g/mol. The number of hydrogen-bond donors (Lipinski definition) is 4. The van der Waals surface area contributed by atoms with Gasteiger partial charge >= 0.3 is 0 Å². The summed E-state index contributed by atoms with van der Waals surface area (Å²) in [4.78, 5) is 24.0. The lowest BCUT2D eigenvalue weighted by Gasteiger charge is -2.30. The molecular formula is C30H40N6O5. The van der Waals surface area contributed by atoms with Gasteiger partial charge in [-0.2, -0.15) is 0 Å². The largest absolute Gasteiger partial charge is 0.486 e. The van der Waals surface area contributed by atoms with Crippen molar-refractivity contribution >= 4 is 17.5 Å². The molecule has 1 fully saturated rings. The van der Waals surface area contributed by atoms with E-state index in [0.29, 0.717) is 61.7 Å². The number of ether oxygens (including phenoxy) is 2. The van der Waals surface area contributed by atoms with Crippen LogP contribution < -0.4 is 25.6 Å². The predicted molar refractivity (Wildman–Crippen MR) is 155 cm³/mol. The highest BCUT2D eigenvalue weighted by atomic mass is 16.5. The van der Waals surface area contributed by atoms with E-state index < -0.39 is 6.10 Å². The number of amides is 1. The van der Waals surface area contributed by atoms with E-state index in [2.05, 4.69) is 20.9 Å². The molecule has 2 atom stereocenters. The Morgan fingerprint density at radius 2 is 2.12 bits per heavy atom. The maximum absolute atomic E-state index is 13.2. The quantitative estimate of drug-likeness (QED) is 0.246. The van der Waals surface area contributed by atoms with E-state index in [-0.39, 0.29) is 18.5 Å². The highest BCUT2D eigenvalue weighted by Gasteiger charge is 2.26. The van der Waals surface area contributed by atoms with Crippen LogP contribution in [-0.4, -0.2) is 73.0 Å². The normalized spacial score (nSPS) is 17.3. The number of rotatable bonds is 13. The molecule has 4 N–H and O–H groups in total. The second-order valence-corrected chi connectivity index (χ2v) is 10.8. The fraction of sp³-hybridized carbons (Fsp3) is 0.500. The molecule has 1 aliphatic heterocycles. The molecule has 0 radical (unpaired) electrons. The topological polar surface area (TPSA) is 134 Å². The van der Waals surface area contributed by atoms with Gasteiger partial charge in [0.25, 0.3) is 5.91 Å². The molecule has 220 valence electrons. The number of fused-ring (bicyclic) bond motifs is 1. The molecule has 0 bridgehead atoms. The average molecular weight is 565 g/mol. The molecule has 3 aromatic rings. The average Bonchev–Trinajstić information content (AvgIpc) is 3.38. The summed E-state index contributed by atoms with van der Waals surface area (Å²) in [7, 11) is 3.59. The highest BCUT2D eigenvalue weighted by Crippen LogP contribution is 2.26. The molecule has 5 rings (SSSR count). The third-order valence-corrected chi connectivity index (χ3v) is 7.88. The molecule has 2 aliphatic rings. The number of oxazole rings is 1. The maximum Gasteiger partial charge on any atom is 0.251 e. The molecule has 1 saturated carbocycles. The third kappa shape index (κ3) is 7.35. The van der Waals surface area contributed by atoms with E-state index in [1.807, 2.05) is 37.1 Å². The second kappa shape index (κ2) is 13.3. The zero-order valence-corrected chi connectivity index (χ0v) is 24.0. The molecule has 2 aromatic heterocycles. The van der Waals surface area contributed by atoms with Crippen molar-refractivity contribution in [1.29, 1.82) is 0 Å². The van der Waals surface area contributed by atoms with Gasteiger partial charge in [-0.15, -0.1) is 0 Å². The summed E-state index contributed by atoms with van der Waals surface area (Å²) >= 11 is 0. The van der Waals surface area contributed by atoms with Gasteiger partial charge in [-0.05, 0) is 68.0 Å². The number of nitrogens with one attached hydrogen (secondary N) is 3. The number of aliphatic hydroxyl groups excluding tert-OH is 1. The summed E-state index contributed by atoms with van der Waals surface area (Å²) in [5, 5.41) is 20.7. The molecule has 11 heteroatoms. The lowest BCUT2D eigenvalue weighted by molar-refractivity contribution is 0.0870. The monoisotopic (exact) mass is 564 g/mol. The second-order valence-electron chi connectivity index (χ2n) is 10.8. The van der Waals surface area contributed by atoms with E-state index in [1.165, 1.54) is 12.8 Å². The lowest BCUT2D eigenvalue weighted by Crippen LogP contribution is -2.49. The molecule has 41 heavy (non-hydrogen) atoms. The van der Waals surface area contributed by atoms with Gasteiger partial charge in [0.1, 0.15) is 24.0 Å². The number of anilines is 2. The van der Waals surface area contributed by atoms with Crippen LogP contribution in [0.1, 0.15) is 52.2 Å². The van der Waals surface area contributed by atoms with Crippen molar-refractivity contribution in [1.82, 2.24) is 20.6 Å². The van der Waals surface area contributed by atoms with Gasteiger partial charge in [0, 0.05) is 51.4 Å². The van der Waals surface area contributed by atoms with Crippen LogP contribution >= 0.6 is 0 Å². The minimum atomic E-state index is -0.754. The number of likely N-dealkylation sites (N-methyl/N-ethyl adjacent to an activating group) is 1. The van der Waals surface area contributed by atoms with Crippen LogP contribution in [0.2, 0.25) is 0 Å². The Hall–Kier alpha value is -3.67. The fourth-order valence-electron chi connectivity index (χ4n) is 4.95. The Balaban J connectivity index is 1.17. The van der Waals surface area contributed by atoms with Crippen LogP contribution in [0.15, 0.2) is 41.1 Å². The molecule has 0 spiro atoms. The van der Waals surface area contributed by atoms with Crippen LogP contribution in [0.3, 0.4) is 0 Å². The molecule has 0 saturated heterocycles. The predicted octanol–water partition coefficient (Wildman–Crippen LogP) is 2.81. The Labute approximate surface area is 240 Å². The van der Waals surface area contributed by atoms with Gasteiger partial charge in [-0.1, -0.05) is 6.07 Å². The summed E-state index contributed by atoms with van der Waals surface area (Å²) in [5.41, 5.74) is 3.59. The number of carbonyl (C=O) groups is 1. The van der Waals surface area contributed by atoms with Crippen LogP contribution in [0.4, 0.5) is 11.6 Å². The van der Waals surface area contributed by atoms with Gasteiger partial charge < -0.3 is 39.8 Å². The standard InChI is InChI=1S/C30H40N6O5/c1-19-27(41-18-33-19)17-40-24-8-7-20-12-25(31-15-22(20)11-24)26(37)16-32-30(38)21-13-28(34-23-5-4-6-23)35-29(14-21)36(2)9-10-39-3/h7-8,11,13-14,18,23,25-26,31,37H,4-6,9-10,12,15-17H2,1-3H3,(H,32,38)(H,34,35)/t25-,26+/m0/s1. The minimum absolute atomic E-state index is 0.131. The van der Waals surface area contributed by atoms with Gasteiger partial charge in [0.15, 0.2) is 12.2 Å². The molecule has 11 nitrogen and oxygen atoms in total. The van der Waals surface area contributed by atoms with Crippen molar-refractivity contribution in [2.75, 3.05) is 44.1 Å².